The monoisotopic (exact) mass is 318 g/mol. The fourth-order valence-electron chi connectivity index (χ4n) is 1.61. The molecule has 1 aromatic heterocycles. The zero-order valence-corrected chi connectivity index (χ0v) is 12.3. The lowest BCUT2D eigenvalue weighted by atomic mass is 10.5. The molecule has 1 heterocycles. The van der Waals surface area contributed by atoms with E-state index in [9.17, 15) is 18.0 Å². The normalized spacial score (nSPS) is 15.3. The summed E-state index contributed by atoms with van der Waals surface area (Å²) in [7, 11) is -2.72. The van der Waals surface area contributed by atoms with Gasteiger partial charge in [0.15, 0.2) is 0 Å². The van der Waals surface area contributed by atoms with Crippen LogP contribution in [0.25, 0.3) is 0 Å². The van der Waals surface area contributed by atoms with Gasteiger partial charge >= 0.3 is 5.97 Å². The highest BCUT2D eigenvalue weighted by molar-refractivity contribution is 7.89. The third-order valence-corrected chi connectivity index (χ3v) is 5.70. The third-order valence-electron chi connectivity index (χ3n) is 2.82. The van der Waals surface area contributed by atoms with Crippen molar-refractivity contribution in [2.24, 2.45) is 0 Å². The highest BCUT2D eigenvalue weighted by atomic mass is 32.2. The average Bonchev–Trinajstić information content (AvgIpc) is 3.00. The van der Waals surface area contributed by atoms with Crippen molar-refractivity contribution < 1.29 is 23.1 Å². The van der Waals surface area contributed by atoms with Crippen LogP contribution in [-0.4, -0.2) is 49.3 Å². The van der Waals surface area contributed by atoms with Gasteiger partial charge in [-0.3, -0.25) is 4.79 Å². The van der Waals surface area contributed by atoms with Crippen LogP contribution in [0.4, 0.5) is 0 Å². The van der Waals surface area contributed by atoms with E-state index in [1.807, 2.05) is 0 Å². The number of hydrogen-bond acceptors (Lipinski definition) is 5. The molecule has 1 saturated carbocycles. The Kier molecular flexibility index (Phi) is 4.11. The lowest BCUT2D eigenvalue weighted by Gasteiger charge is -2.16. The van der Waals surface area contributed by atoms with E-state index in [2.05, 4.69) is 5.32 Å². The number of rotatable bonds is 6. The van der Waals surface area contributed by atoms with Crippen molar-refractivity contribution >= 4 is 33.2 Å². The Morgan fingerprint density at radius 1 is 1.50 bits per heavy atom. The Morgan fingerprint density at radius 3 is 2.70 bits per heavy atom. The maximum atomic E-state index is 12.2. The molecule has 1 aromatic rings. The van der Waals surface area contributed by atoms with Crippen LogP contribution in [0, 0.1) is 0 Å². The van der Waals surface area contributed by atoms with E-state index < -0.39 is 16.0 Å². The molecule has 0 saturated heterocycles. The number of carboxylic acids is 1. The lowest BCUT2D eigenvalue weighted by molar-refractivity contribution is -0.121. The first-order valence-corrected chi connectivity index (χ1v) is 8.21. The highest BCUT2D eigenvalue weighted by Gasteiger charge is 2.30. The maximum Gasteiger partial charge on any atom is 0.347 e. The van der Waals surface area contributed by atoms with Gasteiger partial charge in [0.25, 0.3) is 0 Å². The molecule has 1 fully saturated rings. The molecule has 0 spiro atoms. The standard InChI is InChI=1S/C11H14N2O5S2/c1-13(6-9(14)12-7-2-3-7)20(17,18)8-4-5-19-10(8)11(15)16/h4-5,7H,2-3,6H2,1H3,(H,12,14)(H,15,16). The summed E-state index contributed by atoms with van der Waals surface area (Å²) in [6.45, 7) is -0.326. The molecule has 20 heavy (non-hydrogen) atoms. The first-order chi connectivity index (χ1) is 9.32. The van der Waals surface area contributed by atoms with E-state index >= 15 is 0 Å². The molecule has 7 nitrogen and oxygen atoms in total. The number of nitrogens with zero attached hydrogens (tertiary/aromatic N) is 1. The molecule has 0 unspecified atom stereocenters. The molecule has 9 heteroatoms. The Morgan fingerprint density at radius 2 is 2.15 bits per heavy atom. The smallest absolute Gasteiger partial charge is 0.347 e. The quantitative estimate of drug-likeness (QED) is 0.787. The van der Waals surface area contributed by atoms with Crippen LogP contribution in [0.2, 0.25) is 0 Å². The van der Waals surface area contributed by atoms with Crippen LogP contribution in [0.1, 0.15) is 22.5 Å². The van der Waals surface area contributed by atoms with Gasteiger partial charge in [-0.05, 0) is 24.3 Å². The maximum absolute atomic E-state index is 12.2. The molecule has 2 rings (SSSR count). The van der Waals surface area contributed by atoms with E-state index in [4.69, 9.17) is 5.11 Å². The van der Waals surface area contributed by atoms with Gasteiger partial charge in [-0.15, -0.1) is 11.3 Å². The average molecular weight is 318 g/mol. The van der Waals surface area contributed by atoms with Crippen molar-refractivity contribution in [3.63, 3.8) is 0 Å². The summed E-state index contributed by atoms with van der Waals surface area (Å²) in [5.41, 5.74) is 0. The zero-order valence-electron chi connectivity index (χ0n) is 10.7. The zero-order chi connectivity index (χ0) is 14.9. The largest absolute Gasteiger partial charge is 0.477 e. The van der Waals surface area contributed by atoms with Crippen molar-refractivity contribution in [1.82, 2.24) is 9.62 Å². The predicted octanol–water partition coefficient (Wildman–Crippen LogP) is 0.345. The number of amides is 1. The SMILES string of the molecule is CN(CC(=O)NC1CC1)S(=O)(=O)c1ccsc1C(=O)O. The number of carbonyl (C=O) groups excluding carboxylic acids is 1. The minimum Gasteiger partial charge on any atom is -0.477 e. The Labute approximate surface area is 120 Å². The molecule has 0 aromatic carbocycles. The van der Waals surface area contributed by atoms with Gasteiger partial charge in [0, 0.05) is 13.1 Å². The number of hydrogen-bond donors (Lipinski definition) is 2. The summed E-state index contributed by atoms with van der Waals surface area (Å²) in [5, 5.41) is 13.0. The van der Waals surface area contributed by atoms with Gasteiger partial charge in [-0.2, -0.15) is 4.31 Å². The van der Waals surface area contributed by atoms with Gasteiger partial charge < -0.3 is 10.4 Å². The number of sulfonamides is 1. The summed E-state index contributed by atoms with van der Waals surface area (Å²) in [6.07, 6.45) is 1.83. The Hall–Kier alpha value is -1.45. The number of carbonyl (C=O) groups is 2. The van der Waals surface area contributed by atoms with Crippen molar-refractivity contribution in [3.05, 3.63) is 16.3 Å². The number of aromatic carboxylic acids is 1. The Balaban J connectivity index is 2.13. The van der Waals surface area contributed by atoms with Gasteiger partial charge in [0.2, 0.25) is 15.9 Å². The fraction of sp³-hybridized carbons (Fsp3) is 0.455. The number of likely N-dealkylation sites (N-methyl/N-ethyl adjacent to an activating group) is 1. The van der Waals surface area contributed by atoms with E-state index in [-0.39, 0.29) is 28.3 Å². The van der Waals surface area contributed by atoms with Crippen LogP contribution >= 0.6 is 11.3 Å². The second kappa shape index (κ2) is 5.51. The van der Waals surface area contributed by atoms with Crippen LogP contribution in [0.3, 0.4) is 0 Å². The molecular formula is C11H14N2O5S2. The molecule has 1 aliphatic rings. The van der Waals surface area contributed by atoms with E-state index in [1.54, 1.807) is 0 Å². The molecule has 110 valence electrons. The van der Waals surface area contributed by atoms with Crippen molar-refractivity contribution in [3.8, 4) is 0 Å². The van der Waals surface area contributed by atoms with E-state index in [1.165, 1.54) is 18.5 Å². The van der Waals surface area contributed by atoms with Gasteiger partial charge in [-0.1, -0.05) is 0 Å². The molecular weight excluding hydrogens is 304 g/mol. The third kappa shape index (κ3) is 3.17. The summed E-state index contributed by atoms with van der Waals surface area (Å²) >= 11 is 0.836. The topological polar surface area (TPSA) is 104 Å². The van der Waals surface area contributed by atoms with Crippen molar-refractivity contribution in [2.45, 2.75) is 23.8 Å². The fourth-order valence-corrected chi connectivity index (χ4v) is 3.97. The summed E-state index contributed by atoms with van der Waals surface area (Å²) in [6, 6.07) is 1.38. The number of carboxylic acid groups (broad SMARTS) is 1. The highest BCUT2D eigenvalue weighted by Crippen LogP contribution is 2.24. The van der Waals surface area contributed by atoms with E-state index in [0.29, 0.717) is 0 Å². The van der Waals surface area contributed by atoms with Gasteiger partial charge in [0.1, 0.15) is 9.77 Å². The predicted molar refractivity (Wildman–Crippen MR) is 72.3 cm³/mol. The molecule has 0 radical (unpaired) electrons. The number of thiophene rings is 1. The van der Waals surface area contributed by atoms with Crippen molar-refractivity contribution in [1.29, 1.82) is 0 Å². The lowest BCUT2D eigenvalue weighted by Crippen LogP contribution is -2.39. The summed E-state index contributed by atoms with van der Waals surface area (Å²) < 4.78 is 25.3. The first-order valence-electron chi connectivity index (χ1n) is 5.89. The summed E-state index contributed by atoms with van der Waals surface area (Å²) in [4.78, 5) is 22.1. The second-order valence-corrected chi connectivity index (χ2v) is 7.45. The minimum absolute atomic E-state index is 0.148. The molecule has 1 amide bonds. The van der Waals surface area contributed by atoms with Crippen molar-refractivity contribution in [2.75, 3.05) is 13.6 Å². The van der Waals surface area contributed by atoms with E-state index in [0.717, 1.165) is 28.5 Å². The molecule has 0 aliphatic heterocycles. The van der Waals surface area contributed by atoms with Crippen LogP contribution in [0.5, 0.6) is 0 Å². The molecule has 1 aliphatic carbocycles. The number of nitrogens with one attached hydrogen (secondary N) is 1. The van der Waals surface area contributed by atoms with Crippen LogP contribution in [-0.2, 0) is 14.8 Å². The van der Waals surface area contributed by atoms with Gasteiger partial charge in [-0.25, -0.2) is 13.2 Å². The summed E-state index contributed by atoms with van der Waals surface area (Å²) in [5.74, 6) is -1.68. The molecule has 0 atom stereocenters. The van der Waals surface area contributed by atoms with Crippen LogP contribution in [0.15, 0.2) is 16.3 Å². The first kappa shape index (κ1) is 14.9. The second-order valence-electron chi connectivity index (χ2n) is 4.52. The molecule has 0 bridgehead atoms. The Bertz CT molecular complexity index is 633. The van der Waals surface area contributed by atoms with Gasteiger partial charge in [0.05, 0.1) is 6.54 Å². The molecule has 2 N–H and O–H groups in total. The van der Waals surface area contributed by atoms with Crippen LogP contribution < -0.4 is 5.32 Å². The minimum atomic E-state index is -3.98.